The molecule has 0 radical (unpaired) electrons. The zero-order valence-electron chi connectivity index (χ0n) is 17.4. The number of hydrogen-bond acceptors (Lipinski definition) is 5. The van der Waals surface area contributed by atoms with Gasteiger partial charge in [0.1, 0.15) is 6.54 Å². The summed E-state index contributed by atoms with van der Waals surface area (Å²) in [6, 6.07) is 11.6. The van der Waals surface area contributed by atoms with Crippen molar-refractivity contribution in [3.05, 3.63) is 59.7 Å². The number of nitrogens with one attached hydrogen (secondary N) is 2. The third kappa shape index (κ3) is 7.01. The van der Waals surface area contributed by atoms with Crippen LogP contribution in [0.15, 0.2) is 53.4 Å². The molecule has 0 saturated carbocycles. The molecule has 2 aromatic rings. The first-order valence-electron chi connectivity index (χ1n) is 9.96. The van der Waals surface area contributed by atoms with Crippen LogP contribution in [0.4, 0.5) is 18.9 Å². The van der Waals surface area contributed by atoms with Gasteiger partial charge in [0.15, 0.2) is 0 Å². The van der Waals surface area contributed by atoms with E-state index < -0.39 is 34.6 Å². The summed E-state index contributed by atoms with van der Waals surface area (Å²) in [6.07, 6.45) is -4.71. The molecule has 8 nitrogen and oxygen atoms in total. The number of amides is 2. The van der Waals surface area contributed by atoms with Gasteiger partial charge in [0.2, 0.25) is 15.9 Å². The molecule has 2 N–H and O–H groups in total. The quantitative estimate of drug-likeness (QED) is 0.626. The third-order valence-electron chi connectivity index (χ3n) is 4.79. The Morgan fingerprint density at radius 3 is 2.15 bits per heavy atom. The van der Waals surface area contributed by atoms with Crippen LogP contribution >= 0.6 is 0 Å². The topological polar surface area (TPSA) is 105 Å². The highest BCUT2D eigenvalue weighted by molar-refractivity contribution is 7.89. The molecule has 1 aliphatic rings. The largest absolute Gasteiger partial charge is 0.405 e. The predicted molar refractivity (Wildman–Crippen MR) is 113 cm³/mol. The molecular weight excluding hydrogens is 463 g/mol. The fourth-order valence-electron chi connectivity index (χ4n) is 3.07. The highest BCUT2D eigenvalue weighted by Gasteiger charge is 2.28. The summed E-state index contributed by atoms with van der Waals surface area (Å²) in [5.41, 5.74) is 1.13. The maximum absolute atomic E-state index is 12.6. The minimum absolute atomic E-state index is 0.0779. The van der Waals surface area contributed by atoms with Gasteiger partial charge in [-0.1, -0.05) is 12.1 Å². The molecule has 0 unspecified atom stereocenters. The van der Waals surface area contributed by atoms with E-state index in [0.29, 0.717) is 24.5 Å². The van der Waals surface area contributed by atoms with Crippen LogP contribution in [0, 0.1) is 0 Å². The Bertz CT molecular complexity index is 1080. The average molecular weight is 485 g/mol. The number of rotatable bonds is 7. The molecule has 1 saturated heterocycles. The molecule has 178 valence electrons. The second-order valence-corrected chi connectivity index (χ2v) is 9.20. The number of halogens is 3. The number of morpholine rings is 1. The summed E-state index contributed by atoms with van der Waals surface area (Å²) in [7, 11) is -3.66. The van der Waals surface area contributed by atoms with Crippen molar-refractivity contribution in [3.8, 4) is 0 Å². The molecule has 2 aromatic carbocycles. The van der Waals surface area contributed by atoms with Crippen molar-refractivity contribution in [2.45, 2.75) is 17.5 Å². The Morgan fingerprint density at radius 2 is 1.58 bits per heavy atom. The number of carbonyl (C=O) groups is 2. The van der Waals surface area contributed by atoms with E-state index in [-0.39, 0.29) is 30.0 Å². The zero-order valence-corrected chi connectivity index (χ0v) is 18.2. The third-order valence-corrected chi connectivity index (χ3v) is 6.70. The lowest BCUT2D eigenvalue weighted by atomic mass is 10.1. The van der Waals surface area contributed by atoms with Crippen LogP contribution in [0.3, 0.4) is 0 Å². The predicted octanol–water partition coefficient (Wildman–Crippen LogP) is 2.18. The van der Waals surface area contributed by atoms with Crippen LogP contribution in [0.5, 0.6) is 0 Å². The molecule has 0 spiro atoms. The van der Waals surface area contributed by atoms with Gasteiger partial charge in [0.25, 0.3) is 5.91 Å². The first kappa shape index (κ1) is 24.7. The van der Waals surface area contributed by atoms with Gasteiger partial charge in [0, 0.05) is 24.3 Å². The molecule has 1 aliphatic heterocycles. The van der Waals surface area contributed by atoms with Crippen molar-refractivity contribution in [1.82, 2.24) is 9.62 Å². The van der Waals surface area contributed by atoms with E-state index in [9.17, 15) is 31.2 Å². The fraction of sp³-hybridized carbons (Fsp3) is 0.333. The number of carbonyl (C=O) groups excluding carboxylic acids is 2. The molecule has 12 heteroatoms. The molecule has 1 heterocycles. The highest BCUT2D eigenvalue weighted by atomic mass is 32.2. The monoisotopic (exact) mass is 485 g/mol. The Labute approximate surface area is 188 Å². The highest BCUT2D eigenvalue weighted by Crippen LogP contribution is 2.19. The van der Waals surface area contributed by atoms with Crippen molar-refractivity contribution < 1.29 is 35.9 Å². The fourth-order valence-corrected chi connectivity index (χ4v) is 4.48. The number of hydrogen-bond donors (Lipinski definition) is 2. The summed E-state index contributed by atoms with van der Waals surface area (Å²) >= 11 is 0. The summed E-state index contributed by atoms with van der Waals surface area (Å²) in [5.74, 6) is -1.24. The lowest BCUT2D eigenvalue weighted by Gasteiger charge is -2.26. The van der Waals surface area contributed by atoms with E-state index in [1.54, 1.807) is 5.32 Å². The minimum Gasteiger partial charge on any atom is -0.379 e. The van der Waals surface area contributed by atoms with Gasteiger partial charge >= 0.3 is 6.18 Å². The Kier molecular flexibility index (Phi) is 7.72. The maximum Gasteiger partial charge on any atom is 0.405 e. The number of nitrogens with zero attached hydrogens (tertiary/aromatic N) is 1. The molecule has 0 bridgehead atoms. The van der Waals surface area contributed by atoms with Crippen molar-refractivity contribution in [1.29, 1.82) is 0 Å². The standard InChI is InChI=1S/C21H22F3N3O5S/c22-21(23,24)14-25-19(28)13-15-1-5-17(6-2-15)26-20(29)16-3-7-18(8-4-16)33(30,31)27-9-11-32-12-10-27/h1-8H,9-14H2,(H,25,28)(H,26,29). The van der Waals surface area contributed by atoms with Gasteiger partial charge < -0.3 is 15.4 Å². The summed E-state index contributed by atoms with van der Waals surface area (Å²) in [6.45, 7) is -0.199. The van der Waals surface area contributed by atoms with E-state index in [2.05, 4.69) is 5.32 Å². The number of alkyl halides is 3. The van der Waals surface area contributed by atoms with Crippen LogP contribution < -0.4 is 10.6 Å². The smallest absolute Gasteiger partial charge is 0.379 e. The van der Waals surface area contributed by atoms with E-state index >= 15 is 0 Å². The molecule has 2 amide bonds. The normalized spacial score (nSPS) is 15.1. The zero-order chi connectivity index (χ0) is 24.1. The van der Waals surface area contributed by atoms with E-state index in [1.165, 1.54) is 52.8 Å². The van der Waals surface area contributed by atoms with Gasteiger partial charge in [-0.15, -0.1) is 0 Å². The van der Waals surface area contributed by atoms with E-state index in [1.807, 2.05) is 0 Å². The number of ether oxygens (including phenoxy) is 1. The van der Waals surface area contributed by atoms with Crippen molar-refractivity contribution in [3.63, 3.8) is 0 Å². The summed E-state index contributed by atoms with van der Waals surface area (Å²) < 4.78 is 68.2. The SMILES string of the molecule is O=C(Cc1ccc(NC(=O)c2ccc(S(=O)(=O)N3CCOCC3)cc2)cc1)NCC(F)(F)F. The Hall–Kier alpha value is -2.96. The number of sulfonamides is 1. The van der Waals surface area contributed by atoms with Crippen LogP contribution in [0.2, 0.25) is 0 Å². The minimum atomic E-state index is -4.48. The molecular formula is C21H22F3N3O5S. The molecule has 0 aliphatic carbocycles. The second-order valence-electron chi connectivity index (χ2n) is 7.26. The lowest BCUT2D eigenvalue weighted by Crippen LogP contribution is -2.40. The Morgan fingerprint density at radius 1 is 0.970 bits per heavy atom. The average Bonchev–Trinajstić information content (AvgIpc) is 2.79. The van der Waals surface area contributed by atoms with Crippen LogP contribution in [0.25, 0.3) is 0 Å². The molecule has 3 rings (SSSR count). The molecule has 0 aromatic heterocycles. The van der Waals surface area contributed by atoms with Crippen LogP contribution in [0.1, 0.15) is 15.9 Å². The van der Waals surface area contributed by atoms with Gasteiger partial charge in [-0.3, -0.25) is 9.59 Å². The molecule has 33 heavy (non-hydrogen) atoms. The first-order valence-corrected chi connectivity index (χ1v) is 11.4. The Balaban J connectivity index is 1.57. The van der Waals surface area contributed by atoms with Crippen LogP contribution in [-0.4, -0.2) is 63.6 Å². The number of anilines is 1. The van der Waals surface area contributed by atoms with E-state index in [4.69, 9.17) is 4.74 Å². The van der Waals surface area contributed by atoms with Crippen molar-refractivity contribution in [2.24, 2.45) is 0 Å². The number of benzene rings is 2. The maximum atomic E-state index is 12.6. The van der Waals surface area contributed by atoms with Gasteiger partial charge in [-0.2, -0.15) is 17.5 Å². The van der Waals surface area contributed by atoms with Gasteiger partial charge in [-0.25, -0.2) is 8.42 Å². The lowest BCUT2D eigenvalue weighted by molar-refractivity contribution is -0.138. The molecule has 0 atom stereocenters. The van der Waals surface area contributed by atoms with Crippen molar-refractivity contribution in [2.75, 3.05) is 38.2 Å². The van der Waals surface area contributed by atoms with Crippen molar-refractivity contribution >= 4 is 27.5 Å². The summed E-state index contributed by atoms with van der Waals surface area (Å²) in [5, 5.41) is 4.43. The summed E-state index contributed by atoms with van der Waals surface area (Å²) in [4.78, 5) is 24.1. The second kappa shape index (κ2) is 10.3. The first-order chi connectivity index (χ1) is 15.5. The van der Waals surface area contributed by atoms with Gasteiger partial charge in [-0.05, 0) is 42.0 Å². The van der Waals surface area contributed by atoms with E-state index in [0.717, 1.165) is 0 Å². The van der Waals surface area contributed by atoms with Crippen LogP contribution in [-0.2, 0) is 26.0 Å². The van der Waals surface area contributed by atoms with Gasteiger partial charge in [0.05, 0.1) is 24.5 Å². The molecule has 1 fully saturated rings.